The number of aromatic nitrogens is 6. The second-order valence-corrected chi connectivity index (χ2v) is 32.1. The molecule has 1 aliphatic heterocycles. The molecule has 0 bridgehead atoms. The molecule has 0 radical (unpaired) electrons. The van der Waals surface area contributed by atoms with Gasteiger partial charge in [0.15, 0.2) is 5.96 Å². The number of hydrogen-bond acceptors (Lipinski definition) is 22. The molecule has 0 saturated carbocycles. The number of nitrogens with one attached hydrogen (secondary N) is 17. The number of carbonyl (C=O) groups is 15. The van der Waals surface area contributed by atoms with Crippen molar-refractivity contribution in [3.63, 3.8) is 0 Å². The number of H-pyrrole nitrogens is 3. The lowest BCUT2D eigenvalue weighted by atomic mass is 9.95. The predicted octanol–water partition coefficient (Wildman–Crippen LogP) is -2.52. The number of carboxylic acids is 2. The number of aliphatic hydroxyl groups excluding tert-OH is 1. The lowest BCUT2D eigenvalue weighted by Crippen LogP contribution is -2.62. The van der Waals surface area contributed by atoms with E-state index in [0.717, 1.165) is 0 Å². The monoisotopic (exact) mass is 1730 g/mol. The number of guanidine groups is 1. The molecule has 16 atom stereocenters. The largest absolute Gasteiger partial charge is 0.508 e. The van der Waals surface area contributed by atoms with Gasteiger partial charge in [0.05, 0.1) is 38.1 Å². The van der Waals surface area contributed by atoms with Gasteiger partial charge in [0.25, 0.3) is 0 Å². The molecule has 678 valence electrons. The fourth-order valence-corrected chi connectivity index (χ4v) is 13.7. The first-order valence-corrected chi connectivity index (χ1v) is 41.4. The highest BCUT2D eigenvalue weighted by molar-refractivity contribution is 6.01. The van der Waals surface area contributed by atoms with Crippen molar-refractivity contribution in [3.8, 4) is 5.75 Å². The first-order chi connectivity index (χ1) is 58.8. The minimum Gasteiger partial charge on any atom is -0.508 e. The number of likely N-dealkylation sites (tertiary alicyclic amines) is 1. The van der Waals surface area contributed by atoms with Crippen LogP contribution in [0.1, 0.15) is 149 Å². The van der Waals surface area contributed by atoms with E-state index < -0.39 is 210 Å². The average Bonchev–Trinajstić information content (AvgIpc) is 1.56. The van der Waals surface area contributed by atoms with Gasteiger partial charge in [-0.1, -0.05) is 125 Å². The normalized spacial score (nSPS) is 16.2. The number of carbonyl (C=O) groups excluding carboxylic acids is 13. The fourth-order valence-electron chi connectivity index (χ4n) is 13.7. The molecular formula is C82H121N23O19. The molecule has 124 heavy (non-hydrogen) atoms. The number of phenols is 1. The van der Waals surface area contributed by atoms with Crippen molar-refractivity contribution in [2.75, 3.05) is 19.7 Å². The van der Waals surface area contributed by atoms with Crippen molar-refractivity contribution in [2.45, 2.75) is 237 Å². The molecule has 5 aromatic rings. The summed E-state index contributed by atoms with van der Waals surface area (Å²) >= 11 is 0. The fraction of sp³-hybridized carbons (Fsp3) is 0.549. The van der Waals surface area contributed by atoms with Gasteiger partial charge < -0.3 is 121 Å². The molecule has 16 unspecified atom stereocenters. The Morgan fingerprint density at radius 3 is 1.34 bits per heavy atom. The summed E-state index contributed by atoms with van der Waals surface area (Å²) in [6.07, 6.45) is 7.31. The molecule has 2 aromatic carbocycles. The Morgan fingerprint density at radius 2 is 0.887 bits per heavy atom. The van der Waals surface area contributed by atoms with Gasteiger partial charge in [0.1, 0.15) is 84.3 Å². The van der Waals surface area contributed by atoms with Crippen LogP contribution in [0.3, 0.4) is 0 Å². The van der Waals surface area contributed by atoms with Crippen LogP contribution in [0, 0.1) is 35.0 Å². The number of benzene rings is 2. The third-order valence-corrected chi connectivity index (χ3v) is 21.1. The topological polar surface area (TPSA) is 659 Å². The highest BCUT2D eigenvalue weighted by Gasteiger charge is 2.43. The van der Waals surface area contributed by atoms with Crippen molar-refractivity contribution in [3.05, 3.63) is 120 Å². The van der Waals surface area contributed by atoms with Gasteiger partial charge >= 0.3 is 11.9 Å². The van der Waals surface area contributed by atoms with Crippen LogP contribution in [-0.4, -0.2) is 254 Å². The van der Waals surface area contributed by atoms with Crippen LogP contribution in [0.15, 0.2) is 92.2 Å². The van der Waals surface area contributed by atoms with Crippen LogP contribution < -0.4 is 80.6 Å². The molecule has 13 amide bonds. The van der Waals surface area contributed by atoms with E-state index in [4.69, 9.17) is 16.9 Å². The predicted molar refractivity (Wildman–Crippen MR) is 449 cm³/mol. The first kappa shape index (κ1) is 99.9. The molecule has 1 aliphatic rings. The quantitative estimate of drug-likeness (QED) is 0.0108. The van der Waals surface area contributed by atoms with Crippen molar-refractivity contribution in [1.82, 2.24) is 104 Å². The van der Waals surface area contributed by atoms with E-state index >= 15 is 24.0 Å². The van der Waals surface area contributed by atoms with Gasteiger partial charge in [-0.3, -0.25) is 72.5 Å². The third-order valence-electron chi connectivity index (χ3n) is 21.1. The van der Waals surface area contributed by atoms with E-state index in [1.54, 1.807) is 99.6 Å². The highest BCUT2D eigenvalue weighted by Crippen LogP contribution is 2.23. The van der Waals surface area contributed by atoms with E-state index in [2.05, 4.69) is 99.0 Å². The first-order valence-electron chi connectivity index (χ1n) is 41.4. The second kappa shape index (κ2) is 49.3. The minimum atomic E-state index is -1.72. The molecule has 42 nitrogen and oxygen atoms in total. The van der Waals surface area contributed by atoms with Crippen LogP contribution in [0.2, 0.25) is 0 Å². The summed E-state index contributed by atoms with van der Waals surface area (Å²) < 4.78 is 0. The lowest BCUT2D eigenvalue weighted by molar-refractivity contribution is -0.143. The molecule has 1 saturated heterocycles. The maximum Gasteiger partial charge on any atom is 0.328 e. The number of aliphatic carboxylic acids is 2. The minimum absolute atomic E-state index is 0.0104. The zero-order valence-electron chi connectivity index (χ0n) is 71.3. The lowest BCUT2D eigenvalue weighted by Gasteiger charge is -2.32. The van der Waals surface area contributed by atoms with Gasteiger partial charge in [-0.2, -0.15) is 0 Å². The van der Waals surface area contributed by atoms with Crippen LogP contribution in [0.25, 0.3) is 0 Å². The Balaban J connectivity index is 1.23. The number of rotatable bonds is 51. The summed E-state index contributed by atoms with van der Waals surface area (Å²) in [5, 5.41) is 81.0. The standard InChI is InChI=1S/C82H121N23O19/c1-11-45(9)66(103-74(116)57(30-48-22-24-52(107)25-23-48)97-76(118)64(43(5)6)101-69(111)54(20-16-26-89-82(84)85)93-68(110)53(83)34-63(108)109)79(121)99-60(33-51-37-88-41-92-51)80(122)105-27-17-21-62(105)75(117)96-56(29-47-18-14-13-15-19-47)70(112)95-58(31-49-35-86-39-90-49)71(113)94-55(28-42(3)4)73(115)102-65(44(7)8)77(119)104-67(46(10)12-2)78(120)98-59(32-50-36-87-40-91-50)72(114)100-61(38-106)81(123)124/h13-15,18-19,22-25,35-37,39-46,53-62,64-67,106-107H,11-12,16-17,20-21,26-34,38,83H2,1-10H3,(H,86,90)(H,87,91)(H,88,92)(H,93,110)(H,94,113)(H,95,112)(H,96,117)(H,97,118)(H,98,120)(H,99,121)(H,100,114)(H,101,111)(H,102,115)(H,103,116)(H,104,119)(H,108,109)(H,123,124)(H4,84,85,89). The van der Waals surface area contributed by atoms with Crippen molar-refractivity contribution in [1.29, 1.82) is 5.41 Å². The summed E-state index contributed by atoms with van der Waals surface area (Å²) in [7, 11) is 0. The van der Waals surface area contributed by atoms with Crippen molar-refractivity contribution in [2.24, 2.45) is 41.1 Å². The van der Waals surface area contributed by atoms with E-state index in [0.29, 0.717) is 34.6 Å². The zero-order valence-corrected chi connectivity index (χ0v) is 71.3. The van der Waals surface area contributed by atoms with Gasteiger partial charge in [-0.15, -0.1) is 0 Å². The van der Waals surface area contributed by atoms with Crippen molar-refractivity contribution >= 4 is 94.7 Å². The molecule has 0 aliphatic carbocycles. The van der Waals surface area contributed by atoms with Gasteiger partial charge in [0, 0.05) is 80.9 Å². The third kappa shape index (κ3) is 31.5. The molecular weight excluding hydrogens is 1610 g/mol. The van der Waals surface area contributed by atoms with Crippen LogP contribution in [0.4, 0.5) is 0 Å². The maximum absolute atomic E-state index is 15.4. The average molecular weight is 1730 g/mol. The Labute approximate surface area is 717 Å². The summed E-state index contributed by atoms with van der Waals surface area (Å²) in [4.78, 5) is 235. The number of nitrogens with zero attached hydrogens (tertiary/aromatic N) is 4. The molecule has 6 rings (SSSR count). The Hall–Kier alpha value is -12.9. The smallest absolute Gasteiger partial charge is 0.328 e. The van der Waals surface area contributed by atoms with E-state index in [9.17, 15) is 68.4 Å². The van der Waals surface area contributed by atoms with Crippen molar-refractivity contribution < 1.29 is 92.3 Å². The number of phenolic OH excluding ortho intramolecular Hbond substituents is 1. The number of imidazole rings is 3. The van der Waals surface area contributed by atoms with E-state index in [-0.39, 0.29) is 101 Å². The summed E-state index contributed by atoms with van der Waals surface area (Å²) in [6.45, 7) is 15.9. The summed E-state index contributed by atoms with van der Waals surface area (Å²) in [5.74, 6) is -17.6. The summed E-state index contributed by atoms with van der Waals surface area (Å²) in [6, 6.07) is -6.04. The number of amides is 13. The number of nitrogens with two attached hydrogens (primary N) is 2. The van der Waals surface area contributed by atoms with Gasteiger partial charge in [0.2, 0.25) is 76.8 Å². The Morgan fingerprint density at radius 1 is 0.492 bits per heavy atom. The Kier molecular flexibility index (Phi) is 39.7. The SMILES string of the molecule is CCC(C)C(NC(=O)C(Cc1ccc(O)cc1)NC(=O)C(NC(=O)C(CCCNC(=N)N)NC(=O)C(N)CC(=O)O)C(C)C)C(=O)NC(Cc1cnc[nH]1)C(=O)N1CCCC1C(=O)NC(Cc1ccccc1)C(=O)NC(Cc1cnc[nH]1)C(=O)NC(CC(C)C)C(=O)NC(C(=O)NC(C(=O)NC(Cc1cnc[nH]1)C(=O)NC(CO)C(=O)O)C(C)CC)C(C)C. The number of aromatic amines is 3. The molecule has 3 aromatic heterocycles. The number of hydrogen-bond donors (Lipinski definition) is 23. The zero-order chi connectivity index (χ0) is 91.6. The van der Waals surface area contributed by atoms with Gasteiger partial charge in [-0.05, 0) is 85.0 Å². The van der Waals surface area contributed by atoms with Crippen LogP contribution in [0.5, 0.6) is 5.75 Å². The van der Waals surface area contributed by atoms with Crippen LogP contribution in [-0.2, 0) is 104 Å². The molecule has 4 heterocycles. The van der Waals surface area contributed by atoms with Crippen LogP contribution >= 0.6 is 0 Å². The maximum atomic E-state index is 15.4. The van der Waals surface area contributed by atoms with E-state index in [1.807, 2.05) is 0 Å². The number of aliphatic hydroxyl groups is 1. The number of carboxylic acid groups (broad SMARTS) is 2. The molecule has 0 spiro atoms. The van der Waals surface area contributed by atoms with E-state index in [1.165, 1.54) is 66.7 Å². The molecule has 42 heteroatoms. The highest BCUT2D eigenvalue weighted by atomic mass is 16.4. The molecule has 25 N–H and O–H groups in total. The Bertz CT molecular complexity index is 4380. The van der Waals surface area contributed by atoms with Gasteiger partial charge in [-0.25, -0.2) is 19.7 Å². The second-order valence-electron chi connectivity index (χ2n) is 32.1. The summed E-state index contributed by atoms with van der Waals surface area (Å²) in [5.41, 5.74) is 13.4. The number of aromatic hydroxyl groups is 1. The molecule has 1 fully saturated rings.